The Morgan fingerprint density at radius 3 is 1.95 bits per heavy atom. The number of thioether (sulfide) groups is 2. The summed E-state index contributed by atoms with van der Waals surface area (Å²) >= 11 is 8.32. The summed E-state index contributed by atoms with van der Waals surface area (Å²) < 4.78 is 4.29. The first kappa shape index (κ1) is 33.2. The molecule has 3 rings (SSSR count). The van der Waals surface area contributed by atoms with Gasteiger partial charge in [-0.25, -0.2) is 0 Å². The Hall–Kier alpha value is -2.87. The first-order chi connectivity index (χ1) is 18.1. The maximum Gasteiger partial charge on any atom is 0.319 e. The summed E-state index contributed by atoms with van der Waals surface area (Å²) in [6, 6.07) is 22.8. The summed E-state index contributed by atoms with van der Waals surface area (Å²) in [5, 5.41) is 21.9. The molecule has 38 heavy (non-hydrogen) atoms. The van der Waals surface area contributed by atoms with Crippen LogP contribution in [0.3, 0.4) is 0 Å². The Labute approximate surface area is 240 Å². The van der Waals surface area contributed by atoms with Crippen molar-refractivity contribution in [3.63, 3.8) is 0 Å². The molecule has 0 bridgehead atoms. The molecule has 8 heteroatoms. The molecule has 0 unspecified atom stereocenters. The molecule has 0 radical (unpaired) electrons. The summed E-state index contributed by atoms with van der Waals surface area (Å²) in [5.74, 6) is -0.0521. The van der Waals surface area contributed by atoms with Crippen LogP contribution in [0.25, 0.3) is 4.91 Å². The van der Waals surface area contributed by atoms with Crippen molar-refractivity contribution in [3.05, 3.63) is 95.0 Å². The molecule has 0 saturated carbocycles. The standard InChI is InChI=1S/C21H23NO3S2.C7H8ClN.C2H6/c1-5-18(14-6-10-16(25-4)11-7-14)26-19(22)15-8-12-17(13-9-15)27-21(2,3)20(23)24;1-9-7-4-2-6(8)3-5-7;1-2/h5-13,22H,1-4H3,(H,23,24);2-5,9H,1H3;1-2H3/b18-5+,22-19?;;. The fourth-order valence-electron chi connectivity index (χ4n) is 2.84. The monoisotopic (exact) mass is 572 g/mol. The number of aliphatic carboxylic acids is 1. The third-order valence-corrected chi connectivity index (χ3v) is 7.56. The van der Waals surface area contributed by atoms with Crippen LogP contribution >= 0.6 is 35.1 Å². The van der Waals surface area contributed by atoms with E-state index in [9.17, 15) is 9.90 Å². The number of carboxylic acids is 1. The fraction of sp³-hybridized carbons (Fsp3) is 0.267. The van der Waals surface area contributed by atoms with Crippen LogP contribution in [-0.2, 0) is 4.79 Å². The van der Waals surface area contributed by atoms with Crippen molar-refractivity contribution < 1.29 is 14.6 Å². The zero-order valence-corrected chi connectivity index (χ0v) is 25.4. The highest BCUT2D eigenvalue weighted by Gasteiger charge is 2.28. The molecule has 0 saturated heterocycles. The topological polar surface area (TPSA) is 82.4 Å². The smallest absolute Gasteiger partial charge is 0.319 e. The van der Waals surface area contributed by atoms with E-state index in [-0.39, 0.29) is 0 Å². The molecule has 0 aliphatic heterocycles. The Bertz CT molecular complexity index is 1180. The lowest BCUT2D eigenvalue weighted by molar-refractivity contribution is -0.138. The maximum absolute atomic E-state index is 11.3. The van der Waals surface area contributed by atoms with Gasteiger partial charge in [0.15, 0.2) is 0 Å². The minimum absolute atomic E-state index is 0.438. The molecule has 3 aromatic carbocycles. The number of halogens is 1. The van der Waals surface area contributed by atoms with Crippen LogP contribution in [0.2, 0.25) is 5.02 Å². The van der Waals surface area contributed by atoms with E-state index in [0.717, 1.165) is 37.4 Å². The molecular formula is C30H37ClN2O3S2. The molecule has 3 N–H and O–H groups in total. The van der Waals surface area contributed by atoms with Crippen molar-refractivity contribution in [3.8, 4) is 5.75 Å². The molecule has 0 atom stereocenters. The summed E-state index contributed by atoms with van der Waals surface area (Å²) in [7, 11) is 3.51. The maximum atomic E-state index is 11.3. The van der Waals surface area contributed by atoms with Gasteiger partial charge in [0.2, 0.25) is 0 Å². The lowest BCUT2D eigenvalue weighted by Gasteiger charge is -2.18. The predicted molar refractivity (Wildman–Crippen MR) is 167 cm³/mol. The minimum atomic E-state index is -0.893. The summed E-state index contributed by atoms with van der Waals surface area (Å²) in [4.78, 5) is 13.1. The van der Waals surface area contributed by atoms with Gasteiger partial charge >= 0.3 is 5.97 Å². The van der Waals surface area contributed by atoms with E-state index in [0.29, 0.717) is 5.04 Å². The van der Waals surface area contributed by atoms with Crippen molar-refractivity contribution in [1.82, 2.24) is 0 Å². The van der Waals surface area contributed by atoms with E-state index < -0.39 is 10.7 Å². The highest BCUT2D eigenvalue weighted by molar-refractivity contribution is 8.22. The van der Waals surface area contributed by atoms with E-state index in [2.05, 4.69) is 5.32 Å². The average molecular weight is 573 g/mol. The quantitative estimate of drug-likeness (QED) is 0.142. The normalized spacial score (nSPS) is 10.8. The lowest BCUT2D eigenvalue weighted by atomic mass is 10.2. The Kier molecular flexibility index (Phi) is 14.7. The molecule has 0 spiro atoms. The number of benzene rings is 3. The fourth-order valence-corrected chi connectivity index (χ4v) is 4.76. The molecule has 3 aromatic rings. The molecule has 0 fully saturated rings. The second-order valence-corrected chi connectivity index (χ2v) is 11.2. The van der Waals surface area contributed by atoms with Gasteiger partial charge in [0.1, 0.15) is 10.5 Å². The van der Waals surface area contributed by atoms with Gasteiger partial charge in [0.25, 0.3) is 0 Å². The number of carboxylic acid groups (broad SMARTS) is 1. The van der Waals surface area contributed by atoms with E-state index in [4.69, 9.17) is 21.7 Å². The summed E-state index contributed by atoms with van der Waals surface area (Å²) in [6.07, 6.45) is 1.99. The van der Waals surface area contributed by atoms with Crippen LogP contribution in [0.15, 0.2) is 83.8 Å². The number of rotatable bonds is 8. The van der Waals surface area contributed by atoms with E-state index in [1.807, 2.05) is 107 Å². The van der Waals surface area contributed by atoms with Crippen molar-refractivity contribution in [2.24, 2.45) is 0 Å². The number of ether oxygens (including phenoxy) is 1. The van der Waals surface area contributed by atoms with Crippen LogP contribution in [0, 0.1) is 5.41 Å². The van der Waals surface area contributed by atoms with Crippen LogP contribution in [0.4, 0.5) is 5.69 Å². The van der Waals surface area contributed by atoms with Gasteiger partial charge in [0.05, 0.1) is 12.2 Å². The average Bonchev–Trinajstić information content (AvgIpc) is 2.93. The summed E-state index contributed by atoms with van der Waals surface area (Å²) in [6.45, 7) is 9.31. The van der Waals surface area contributed by atoms with Gasteiger partial charge in [-0.05, 0) is 74.9 Å². The van der Waals surface area contributed by atoms with Crippen LogP contribution < -0.4 is 10.1 Å². The molecule has 204 valence electrons. The first-order valence-corrected chi connectivity index (χ1v) is 14.1. The highest BCUT2D eigenvalue weighted by Crippen LogP contribution is 2.34. The Balaban J connectivity index is 0.000000548. The van der Waals surface area contributed by atoms with Gasteiger partial charge in [-0.15, -0.1) is 11.8 Å². The number of anilines is 1. The van der Waals surface area contributed by atoms with E-state index in [1.165, 1.54) is 23.5 Å². The molecule has 0 amide bonds. The van der Waals surface area contributed by atoms with Gasteiger partial charge < -0.3 is 15.2 Å². The molecular weight excluding hydrogens is 536 g/mol. The Morgan fingerprint density at radius 1 is 0.974 bits per heavy atom. The van der Waals surface area contributed by atoms with Crippen molar-refractivity contribution in [1.29, 1.82) is 5.41 Å². The van der Waals surface area contributed by atoms with E-state index >= 15 is 0 Å². The zero-order valence-electron chi connectivity index (χ0n) is 23.0. The molecule has 0 aliphatic carbocycles. The van der Waals surface area contributed by atoms with Crippen LogP contribution in [0.1, 0.15) is 45.7 Å². The predicted octanol–water partition coefficient (Wildman–Crippen LogP) is 9.18. The third kappa shape index (κ3) is 10.9. The van der Waals surface area contributed by atoms with E-state index in [1.54, 1.807) is 21.0 Å². The molecule has 0 aromatic heterocycles. The number of allylic oxidation sites excluding steroid dienone is 1. The highest BCUT2D eigenvalue weighted by atomic mass is 35.5. The van der Waals surface area contributed by atoms with Crippen molar-refractivity contribution in [2.75, 3.05) is 19.5 Å². The second-order valence-electron chi connectivity index (χ2n) is 8.01. The third-order valence-electron chi connectivity index (χ3n) is 4.99. The Morgan fingerprint density at radius 2 is 1.50 bits per heavy atom. The van der Waals surface area contributed by atoms with Gasteiger partial charge in [-0.2, -0.15) is 0 Å². The molecule has 0 heterocycles. The number of nitrogens with one attached hydrogen (secondary N) is 2. The number of hydrogen-bond acceptors (Lipinski definition) is 6. The van der Waals surface area contributed by atoms with Crippen molar-refractivity contribution >= 4 is 56.7 Å². The largest absolute Gasteiger partial charge is 0.497 e. The number of methoxy groups -OCH3 is 1. The minimum Gasteiger partial charge on any atom is -0.497 e. The molecule has 0 aliphatic rings. The molecule has 5 nitrogen and oxygen atoms in total. The van der Waals surface area contributed by atoms with Crippen molar-refractivity contribution in [2.45, 2.75) is 44.3 Å². The zero-order chi connectivity index (χ0) is 28.7. The number of hydrogen-bond donors (Lipinski definition) is 3. The lowest BCUT2D eigenvalue weighted by Crippen LogP contribution is -2.26. The number of carbonyl (C=O) groups is 1. The SMILES string of the molecule is C/C=C(/SC(=N)c1ccc(SC(C)(C)C(=O)O)cc1)c1ccc(OC)cc1.CC.CNc1ccc(Cl)cc1. The van der Waals surface area contributed by atoms with Gasteiger partial charge in [-0.1, -0.05) is 67.6 Å². The second kappa shape index (κ2) is 16.9. The van der Waals surface area contributed by atoms with Crippen LogP contribution in [-0.4, -0.2) is 35.0 Å². The summed E-state index contributed by atoms with van der Waals surface area (Å²) in [5.41, 5.74) is 2.91. The van der Waals surface area contributed by atoms with Crippen LogP contribution in [0.5, 0.6) is 5.75 Å². The van der Waals surface area contributed by atoms with Gasteiger partial charge in [0, 0.05) is 33.1 Å². The first-order valence-electron chi connectivity index (χ1n) is 12.1. The van der Waals surface area contributed by atoms with Gasteiger partial charge in [-0.3, -0.25) is 10.2 Å².